The molecule has 0 atom stereocenters. The first kappa shape index (κ1) is 11.5. The number of hydrogen-bond acceptors (Lipinski definition) is 1. The van der Waals surface area contributed by atoms with Crippen LogP contribution in [-0.4, -0.2) is 19.0 Å². The Kier molecular flexibility index (Phi) is 3.89. The van der Waals surface area contributed by atoms with E-state index in [1.165, 1.54) is 29.7 Å². The number of benzene rings is 1. The van der Waals surface area contributed by atoms with Crippen LogP contribution < -0.4 is 4.90 Å². The van der Waals surface area contributed by atoms with E-state index in [0.29, 0.717) is 5.88 Å². The zero-order valence-electron chi connectivity index (χ0n) is 9.75. The third kappa shape index (κ3) is 2.59. The fourth-order valence-corrected chi connectivity index (χ4v) is 2.38. The highest BCUT2D eigenvalue weighted by Crippen LogP contribution is 2.27. The Bertz CT molecular complexity index is 384. The van der Waals surface area contributed by atoms with Crippen molar-refractivity contribution >= 4 is 17.3 Å². The third-order valence-electron chi connectivity index (χ3n) is 3.03. The quantitative estimate of drug-likeness (QED) is 0.572. The van der Waals surface area contributed by atoms with Gasteiger partial charge >= 0.3 is 0 Å². The summed E-state index contributed by atoms with van der Waals surface area (Å²) >= 11 is 5.63. The number of anilines is 1. The van der Waals surface area contributed by atoms with Gasteiger partial charge < -0.3 is 4.90 Å². The molecule has 0 aliphatic carbocycles. The number of fused-ring (bicyclic) bond motifs is 1. The van der Waals surface area contributed by atoms with Crippen molar-refractivity contribution in [3.8, 4) is 0 Å². The van der Waals surface area contributed by atoms with E-state index in [0.717, 1.165) is 13.1 Å². The maximum atomic E-state index is 5.63. The SMILES string of the molecule is Cc1ccc2c(c1)CCCN2CC=CCCl. The Morgan fingerprint density at radius 1 is 1.38 bits per heavy atom. The highest BCUT2D eigenvalue weighted by Gasteiger charge is 2.15. The van der Waals surface area contributed by atoms with Gasteiger partial charge in [-0.05, 0) is 31.4 Å². The van der Waals surface area contributed by atoms with Crippen LogP contribution in [0.15, 0.2) is 30.4 Å². The molecule has 0 saturated heterocycles. The van der Waals surface area contributed by atoms with E-state index in [9.17, 15) is 0 Å². The van der Waals surface area contributed by atoms with Gasteiger partial charge in [-0.1, -0.05) is 29.8 Å². The molecular formula is C14H18ClN. The molecule has 0 unspecified atom stereocenters. The molecular weight excluding hydrogens is 218 g/mol. The van der Waals surface area contributed by atoms with Gasteiger partial charge in [0.1, 0.15) is 0 Å². The second-order valence-electron chi connectivity index (χ2n) is 4.31. The second-order valence-corrected chi connectivity index (χ2v) is 4.62. The minimum Gasteiger partial charge on any atom is -0.368 e. The predicted molar refractivity (Wildman–Crippen MR) is 71.6 cm³/mol. The first-order chi connectivity index (χ1) is 7.81. The van der Waals surface area contributed by atoms with E-state index in [2.05, 4.69) is 36.1 Å². The van der Waals surface area contributed by atoms with Crippen molar-refractivity contribution < 1.29 is 0 Å². The molecule has 0 aromatic heterocycles. The summed E-state index contributed by atoms with van der Waals surface area (Å²) in [5, 5.41) is 0. The lowest BCUT2D eigenvalue weighted by Gasteiger charge is -2.30. The van der Waals surface area contributed by atoms with Crippen LogP contribution in [-0.2, 0) is 6.42 Å². The normalized spacial score (nSPS) is 15.5. The molecule has 0 saturated carbocycles. The lowest BCUT2D eigenvalue weighted by Crippen LogP contribution is -2.29. The summed E-state index contributed by atoms with van der Waals surface area (Å²) < 4.78 is 0. The molecule has 0 fully saturated rings. The van der Waals surface area contributed by atoms with Crippen molar-refractivity contribution in [1.82, 2.24) is 0 Å². The largest absolute Gasteiger partial charge is 0.368 e. The Balaban J connectivity index is 2.16. The van der Waals surface area contributed by atoms with E-state index in [-0.39, 0.29) is 0 Å². The van der Waals surface area contributed by atoms with Crippen LogP contribution in [0, 0.1) is 6.92 Å². The summed E-state index contributed by atoms with van der Waals surface area (Å²) in [6.07, 6.45) is 6.64. The molecule has 0 bridgehead atoms. The molecule has 16 heavy (non-hydrogen) atoms. The highest BCUT2D eigenvalue weighted by molar-refractivity contribution is 6.18. The predicted octanol–water partition coefficient (Wildman–Crippen LogP) is 3.54. The standard InChI is InChI=1S/C14H18ClN/c1-12-6-7-14-13(11-12)5-4-10-16(14)9-3-2-8-15/h2-3,6-7,11H,4-5,8-10H2,1H3. The summed E-state index contributed by atoms with van der Waals surface area (Å²) in [5.74, 6) is 0.606. The van der Waals surface area contributed by atoms with Gasteiger partial charge in [-0.25, -0.2) is 0 Å². The molecule has 1 nitrogen and oxygen atoms in total. The van der Waals surface area contributed by atoms with Gasteiger partial charge in [0.2, 0.25) is 0 Å². The van der Waals surface area contributed by atoms with Gasteiger partial charge in [-0.2, -0.15) is 0 Å². The Hall–Kier alpha value is -0.950. The van der Waals surface area contributed by atoms with E-state index in [1.807, 2.05) is 6.08 Å². The number of nitrogens with zero attached hydrogens (tertiary/aromatic N) is 1. The summed E-state index contributed by atoms with van der Waals surface area (Å²) in [6, 6.07) is 6.76. The number of aryl methyl sites for hydroxylation is 2. The van der Waals surface area contributed by atoms with Crippen molar-refractivity contribution in [2.24, 2.45) is 0 Å². The second kappa shape index (κ2) is 5.40. The number of alkyl halides is 1. The zero-order chi connectivity index (χ0) is 11.4. The fourth-order valence-electron chi connectivity index (χ4n) is 2.26. The van der Waals surface area contributed by atoms with E-state index >= 15 is 0 Å². The molecule has 0 spiro atoms. The third-order valence-corrected chi connectivity index (χ3v) is 3.21. The van der Waals surface area contributed by atoms with Crippen LogP contribution in [0.2, 0.25) is 0 Å². The summed E-state index contributed by atoms with van der Waals surface area (Å²) in [6.45, 7) is 4.29. The molecule has 1 aromatic rings. The van der Waals surface area contributed by atoms with Gasteiger partial charge in [0.15, 0.2) is 0 Å². The van der Waals surface area contributed by atoms with E-state index in [1.54, 1.807) is 0 Å². The molecule has 1 aromatic carbocycles. The molecule has 86 valence electrons. The Morgan fingerprint density at radius 3 is 3.06 bits per heavy atom. The number of allylic oxidation sites excluding steroid dienone is 1. The minimum absolute atomic E-state index is 0.606. The first-order valence-electron chi connectivity index (χ1n) is 5.86. The molecule has 1 heterocycles. The van der Waals surface area contributed by atoms with Crippen LogP contribution in [0.4, 0.5) is 5.69 Å². The van der Waals surface area contributed by atoms with Crippen molar-refractivity contribution in [3.05, 3.63) is 41.5 Å². The van der Waals surface area contributed by atoms with Gasteiger partial charge in [0.25, 0.3) is 0 Å². The molecule has 2 rings (SSSR count). The van der Waals surface area contributed by atoms with Gasteiger partial charge in [-0.15, -0.1) is 11.6 Å². The fraction of sp³-hybridized carbons (Fsp3) is 0.429. The molecule has 1 aliphatic heterocycles. The maximum absolute atomic E-state index is 5.63. The molecule has 0 N–H and O–H groups in total. The Morgan fingerprint density at radius 2 is 2.25 bits per heavy atom. The molecule has 0 radical (unpaired) electrons. The van der Waals surface area contributed by atoms with Gasteiger partial charge in [0.05, 0.1) is 0 Å². The zero-order valence-corrected chi connectivity index (χ0v) is 10.5. The number of halogens is 1. The summed E-state index contributed by atoms with van der Waals surface area (Å²) in [4.78, 5) is 2.43. The highest BCUT2D eigenvalue weighted by atomic mass is 35.5. The average molecular weight is 236 g/mol. The van der Waals surface area contributed by atoms with Crippen LogP contribution in [0.5, 0.6) is 0 Å². The number of hydrogen-bond donors (Lipinski definition) is 0. The topological polar surface area (TPSA) is 3.24 Å². The van der Waals surface area contributed by atoms with E-state index < -0.39 is 0 Å². The monoisotopic (exact) mass is 235 g/mol. The van der Waals surface area contributed by atoms with Crippen LogP contribution >= 0.6 is 11.6 Å². The van der Waals surface area contributed by atoms with Crippen molar-refractivity contribution in [2.45, 2.75) is 19.8 Å². The average Bonchev–Trinajstić information content (AvgIpc) is 2.29. The molecule has 2 heteroatoms. The minimum atomic E-state index is 0.606. The van der Waals surface area contributed by atoms with Crippen LogP contribution in [0.1, 0.15) is 17.5 Å². The van der Waals surface area contributed by atoms with Gasteiger partial charge in [-0.3, -0.25) is 0 Å². The van der Waals surface area contributed by atoms with Crippen molar-refractivity contribution in [1.29, 1.82) is 0 Å². The van der Waals surface area contributed by atoms with Crippen LogP contribution in [0.25, 0.3) is 0 Å². The lowest BCUT2D eigenvalue weighted by atomic mass is 9.99. The first-order valence-corrected chi connectivity index (χ1v) is 6.40. The van der Waals surface area contributed by atoms with E-state index in [4.69, 9.17) is 11.6 Å². The smallest absolute Gasteiger partial charge is 0.0404 e. The summed E-state index contributed by atoms with van der Waals surface area (Å²) in [5.41, 5.74) is 4.25. The number of rotatable bonds is 3. The van der Waals surface area contributed by atoms with Crippen molar-refractivity contribution in [3.63, 3.8) is 0 Å². The molecule has 1 aliphatic rings. The maximum Gasteiger partial charge on any atom is 0.0404 e. The lowest BCUT2D eigenvalue weighted by molar-refractivity contribution is 0.721. The van der Waals surface area contributed by atoms with Gasteiger partial charge in [0, 0.05) is 24.7 Å². The Labute approximate surface area is 103 Å². The molecule has 0 amide bonds. The van der Waals surface area contributed by atoms with Crippen molar-refractivity contribution in [2.75, 3.05) is 23.9 Å². The van der Waals surface area contributed by atoms with Crippen LogP contribution in [0.3, 0.4) is 0 Å². The summed E-state index contributed by atoms with van der Waals surface area (Å²) in [7, 11) is 0.